The summed E-state index contributed by atoms with van der Waals surface area (Å²) in [5, 5.41) is 0.625. The zero-order chi connectivity index (χ0) is 13.2. The Bertz CT molecular complexity index is 410. The van der Waals surface area contributed by atoms with E-state index in [1.54, 1.807) is 12.1 Å². The van der Waals surface area contributed by atoms with E-state index in [0.29, 0.717) is 29.0 Å². The van der Waals surface area contributed by atoms with E-state index in [-0.39, 0.29) is 0 Å². The second kappa shape index (κ2) is 5.45. The van der Waals surface area contributed by atoms with Crippen LogP contribution in [0, 0.1) is 5.41 Å². The summed E-state index contributed by atoms with van der Waals surface area (Å²) in [7, 11) is 0. The van der Waals surface area contributed by atoms with Crippen molar-refractivity contribution in [2.45, 2.75) is 52.2 Å². The highest BCUT2D eigenvalue weighted by molar-refractivity contribution is 6.31. The Morgan fingerprint density at radius 1 is 1.39 bits per heavy atom. The van der Waals surface area contributed by atoms with Crippen molar-refractivity contribution in [1.82, 2.24) is 4.98 Å². The molecule has 4 heteroatoms. The molecule has 0 aliphatic heterocycles. The summed E-state index contributed by atoms with van der Waals surface area (Å²) in [6.45, 7) is 5.09. The van der Waals surface area contributed by atoms with E-state index in [4.69, 9.17) is 22.1 Å². The van der Waals surface area contributed by atoms with Gasteiger partial charge in [-0.25, -0.2) is 4.98 Å². The van der Waals surface area contributed by atoms with Crippen molar-refractivity contribution in [3.8, 4) is 0 Å². The van der Waals surface area contributed by atoms with Crippen LogP contribution in [0.15, 0.2) is 12.1 Å². The summed E-state index contributed by atoms with van der Waals surface area (Å²) in [5.74, 6) is 0.489. The third-order valence-electron chi connectivity index (χ3n) is 3.68. The smallest absolute Gasteiger partial charge is 0.123 e. The van der Waals surface area contributed by atoms with Gasteiger partial charge in [0.1, 0.15) is 5.82 Å². The fourth-order valence-corrected chi connectivity index (χ4v) is 2.50. The van der Waals surface area contributed by atoms with Crippen LogP contribution in [0.4, 0.5) is 5.82 Å². The van der Waals surface area contributed by atoms with Gasteiger partial charge in [-0.05, 0) is 43.2 Å². The number of nitrogens with two attached hydrogens (primary N) is 1. The zero-order valence-corrected chi connectivity index (χ0v) is 11.8. The van der Waals surface area contributed by atoms with E-state index in [1.807, 2.05) is 0 Å². The lowest BCUT2D eigenvalue weighted by Crippen LogP contribution is -2.26. The highest BCUT2D eigenvalue weighted by atomic mass is 35.5. The first-order valence-electron chi connectivity index (χ1n) is 6.49. The zero-order valence-electron chi connectivity index (χ0n) is 11.1. The quantitative estimate of drug-likeness (QED) is 0.907. The lowest BCUT2D eigenvalue weighted by molar-refractivity contribution is -0.00680. The van der Waals surface area contributed by atoms with Crippen LogP contribution in [-0.2, 0) is 11.3 Å². The van der Waals surface area contributed by atoms with Gasteiger partial charge in [0.2, 0.25) is 0 Å². The van der Waals surface area contributed by atoms with Crippen LogP contribution in [0.25, 0.3) is 0 Å². The molecule has 100 valence electrons. The Morgan fingerprint density at radius 3 is 2.72 bits per heavy atom. The maximum Gasteiger partial charge on any atom is 0.123 e. The summed E-state index contributed by atoms with van der Waals surface area (Å²) >= 11 is 6.06. The Morgan fingerprint density at radius 2 is 2.06 bits per heavy atom. The summed E-state index contributed by atoms with van der Waals surface area (Å²) in [6.07, 6.45) is 5.00. The molecule has 0 saturated heterocycles. The Labute approximate surface area is 114 Å². The van der Waals surface area contributed by atoms with E-state index in [9.17, 15) is 0 Å². The first kappa shape index (κ1) is 13.6. The van der Waals surface area contributed by atoms with Crippen molar-refractivity contribution < 1.29 is 4.74 Å². The third-order valence-corrected chi connectivity index (χ3v) is 4.03. The first-order valence-corrected chi connectivity index (χ1v) is 6.87. The topological polar surface area (TPSA) is 48.1 Å². The molecule has 0 bridgehead atoms. The molecule has 0 radical (unpaired) electrons. The molecule has 1 fully saturated rings. The largest absolute Gasteiger partial charge is 0.384 e. The molecule has 0 spiro atoms. The molecule has 1 heterocycles. The van der Waals surface area contributed by atoms with Crippen LogP contribution in [0.3, 0.4) is 0 Å². The standard InChI is InChI=1S/C14H21ClN2O/c1-14(2)7-5-10(6-8-14)18-9-12-11(15)3-4-13(16)17-12/h3-4,10H,5-9H2,1-2H3,(H2,16,17). The maximum absolute atomic E-state index is 6.06. The van der Waals surface area contributed by atoms with E-state index in [2.05, 4.69) is 18.8 Å². The average Bonchev–Trinajstić information content (AvgIpc) is 2.32. The van der Waals surface area contributed by atoms with Crippen molar-refractivity contribution >= 4 is 17.4 Å². The van der Waals surface area contributed by atoms with Gasteiger partial charge in [-0.3, -0.25) is 0 Å². The molecule has 0 unspecified atom stereocenters. The average molecular weight is 269 g/mol. The lowest BCUT2D eigenvalue weighted by atomic mass is 9.76. The number of ether oxygens (including phenoxy) is 1. The molecule has 1 aliphatic rings. The summed E-state index contributed by atoms with van der Waals surface area (Å²) < 4.78 is 5.90. The molecular weight excluding hydrogens is 248 g/mol. The number of aromatic nitrogens is 1. The Hall–Kier alpha value is -0.800. The van der Waals surface area contributed by atoms with Gasteiger partial charge in [0, 0.05) is 0 Å². The van der Waals surface area contributed by atoms with E-state index < -0.39 is 0 Å². The summed E-state index contributed by atoms with van der Waals surface area (Å²) in [5.41, 5.74) is 6.85. The minimum absolute atomic E-state index is 0.331. The van der Waals surface area contributed by atoms with Gasteiger partial charge in [0.25, 0.3) is 0 Å². The Kier molecular flexibility index (Phi) is 4.13. The van der Waals surface area contributed by atoms with Crippen molar-refractivity contribution in [2.75, 3.05) is 5.73 Å². The fraction of sp³-hybridized carbons (Fsp3) is 0.643. The fourth-order valence-electron chi connectivity index (χ4n) is 2.34. The minimum atomic E-state index is 0.331. The van der Waals surface area contributed by atoms with Gasteiger partial charge in [0.05, 0.1) is 23.4 Å². The summed E-state index contributed by atoms with van der Waals surface area (Å²) in [6, 6.07) is 3.47. The van der Waals surface area contributed by atoms with Crippen LogP contribution < -0.4 is 5.73 Å². The van der Waals surface area contributed by atoms with Crippen LogP contribution in [0.2, 0.25) is 5.02 Å². The van der Waals surface area contributed by atoms with Crippen molar-refractivity contribution in [2.24, 2.45) is 5.41 Å². The van der Waals surface area contributed by atoms with Gasteiger partial charge in [-0.15, -0.1) is 0 Å². The molecule has 2 N–H and O–H groups in total. The van der Waals surface area contributed by atoms with Crippen molar-refractivity contribution in [3.05, 3.63) is 22.8 Å². The molecular formula is C14H21ClN2O. The molecule has 3 nitrogen and oxygen atoms in total. The number of nitrogens with zero attached hydrogens (tertiary/aromatic N) is 1. The molecule has 1 aromatic rings. The number of rotatable bonds is 3. The second-order valence-electron chi connectivity index (χ2n) is 5.84. The molecule has 0 amide bonds. The molecule has 0 atom stereocenters. The van der Waals surface area contributed by atoms with Gasteiger partial charge in [0.15, 0.2) is 0 Å². The second-order valence-corrected chi connectivity index (χ2v) is 6.25. The van der Waals surface area contributed by atoms with Crippen LogP contribution in [0.5, 0.6) is 0 Å². The van der Waals surface area contributed by atoms with Gasteiger partial charge in [-0.1, -0.05) is 25.4 Å². The maximum atomic E-state index is 6.06. The number of anilines is 1. The van der Waals surface area contributed by atoms with Gasteiger partial charge < -0.3 is 10.5 Å². The van der Waals surface area contributed by atoms with Crippen LogP contribution >= 0.6 is 11.6 Å². The molecule has 18 heavy (non-hydrogen) atoms. The van der Waals surface area contributed by atoms with Crippen LogP contribution in [-0.4, -0.2) is 11.1 Å². The van der Waals surface area contributed by atoms with E-state index in [0.717, 1.165) is 18.5 Å². The predicted octanol–water partition coefficient (Wildman–Crippen LogP) is 3.80. The van der Waals surface area contributed by atoms with Crippen molar-refractivity contribution in [3.63, 3.8) is 0 Å². The Balaban J connectivity index is 1.87. The predicted molar refractivity (Wildman–Crippen MR) is 74.5 cm³/mol. The number of pyridine rings is 1. The monoisotopic (exact) mass is 268 g/mol. The van der Waals surface area contributed by atoms with Crippen molar-refractivity contribution in [1.29, 1.82) is 0 Å². The van der Waals surface area contributed by atoms with E-state index >= 15 is 0 Å². The number of hydrogen-bond donors (Lipinski definition) is 1. The third kappa shape index (κ3) is 3.59. The molecule has 1 saturated carbocycles. The normalized spacial score (nSPS) is 19.9. The molecule has 2 rings (SSSR count). The highest BCUT2D eigenvalue weighted by Crippen LogP contribution is 2.36. The van der Waals surface area contributed by atoms with E-state index in [1.165, 1.54) is 12.8 Å². The molecule has 1 aromatic heterocycles. The number of nitrogen functional groups attached to an aromatic ring is 1. The molecule has 1 aliphatic carbocycles. The molecule has 0 aromatic carbocycles. The van der Waals surface area contributed by atoms with Crippen LogP contribution in [0.1, 0.15) is 45.2 Å². The number of halogens is 1. The minimum Gasteiger partial charge on any atom is -0.384 e. The number of hydrogen-bond acceptors (Lipinski definition) is 3. The first-order chi connectivity index (χ1) is 8.46. The highest BCUT2D eigenvalue weighted by Gasteiger charge is 2.27. The van der Waals surface area contributed by atoms with Gasteiger partial charge >= 0.3 is 0 Å². The summed E-state index contributed by atoms with van der Waals surface area (Å²) in [4.78, 5) is 4.21. The lowest BCUT2D eigenvalue weighted by Gasteiger charge is -2.34. The van der Waals surface area contributed by atoms with Gasteiger partial charge in [-0.2, -0.15) is 0 Å². The SMILES string of the molecule is CC1(C)CCC(OCc2nc(N)ccc2Cl)CC1.